The first-order valence-electron chi connectivity index (χ1n) is 10.8. The second kappa shape index (κ2) is 10.8. The van der Waals surface area contributed by atoms with Crippen LogP contribution in [0.2, 0.25) is 0 Å². The van der Waals surface area contributed by atoms with E-state index in [-0.39, 0.29) is 18.0 Å². The maximum atomic E-state index is 13.0. The van der Waals surface area contributed by atoms with E-state index in [0.29, 0.717) is 26.1 Å². The number of imidazole rings is 1. The van der Waals surface area contributed by atoms with Gasteiger partial charge in [-0.15, -0.1) is 0 Å². The number of aromatic amines is 1. The molecule has 0 saturated carbocycles. The van der Waals surface area contributed by atoms with Crippen molar-refractivity contribution in [3.05, 3.63) is 77.9 Å². The lowest BCUT2D eigenvalue weighted by molar-refractivity contribution is -0.123. The van der Waals surface area contributed by atoms with Crippen LogP contribution in [-0.2, 0) is 24.2 Å². The number of nitrogens with zero attached hydrogens (tertiary/aromatic N) is 3. The number of amides is 1. The number of aryl methyl sites for hydroxylation is 1. The van der Waals surface area contributed by atoms with E-state index in [2.05, 4.69) is 42.0 Å². The zero-order valence-electron chi connectivity index (χ0n) is 17.6. The predicted octanol–water partition coefficient (Wildman–Crippen LogP) is 1.68. The van der Waals surface area contributed by atoms with Crippen LogP contribution >= 0.6 is 0 Å². The van der Waals surface area contributed by atoms with Gasteiger partial charge in [0.1, 0.15) is 0 Å². The number of H-pyrrole nitrogens is 1. The molecule has 8 nitrogen and oxygen atoms in total. The second-order valence-electron chi connectivity index (χ2n) is 7.78. The molecule has 0 aliphatic heterocycles. The monoisotopic (exact) mass is 419 g/mol. The quantitative estimate of drug-likeness (QED) is 0.373. The zero-order chi connectivity index (χ0) is 21.3. The lowest BCUT2D eigenvalue weighted by Crippen LogP contribution is -2.48. The number of hydrogen-bond donors (Lipinski definition) is 4. The number of fused-ring (bicyclic) bond motifs is 1. The molecular formula is C23H29N7O. The Morgan fingerprint density at radius 2 is 2.10 bits per heavy atom. The number of rotatable bonds is 10. The number of pyridine rings is 2. The molecule has 0 fully saturated rings. The molecule has 3 aromatic rings. The molecular weight excluding hydrogens is 390 g/mol. The SMILES string of the molecule is O=C(NCCNCc1ccccn1)C(Cc1cnc[nH]1)NC1CCCc2cccnc21. The summed E-state index contributed by atoms with van der Waals surface area (Å²) in [5, 5.41) is 9.93. The van der Waals surface area contributed by atoms with Gasteiger partial charge in [-0.05, 0) is 43.0 Å². The molecule has 0 saturated heterocycles. The fraction of sp³-hybridized carbons (Fsp3) is 0.391. The maximum absolute atomic E-state index is 13.0. The molecule has 3 aromatic heterocycles. The summed E-state index contributed by atoms with van der Waals surface area (Å²) < 4.78 is 0. The third-order valence-corrected chi connectivity index (χ3v) is 5.53. The van der Waals surface area contributed by atoms with Crippen molar-refractivity contribution in [3.8, 4) is 0 Å². The van der Waals surface area contributed by atoms with Crippen molar-refractivity contribution in [1.82, 2.24) is 35.9 Å². The minimum absolute atomic E-state index is 0.0164. The summed E-state index contributed by atoms with van der Waals surface area (Å²) >= 11 is 0. The molecule has 0 radical (unpaired) electrons. The summed E-state index contributed by atoms with van der Waals surface area (Å²) in [6.45, 7) is 1.90. The zero-order valence-corrected chi connectivity index (χ0v) is 17.6. The highest BCUT2D eigenvalue weighted by Gasteiger charge is 2.27. The van der Waals surface area contributed by atoms with E-state index in [1.54, 1.807) is 18.7 Å². The minimum atomic E-state index is -0.366. The fourth-order valence-electron chi connectivity index (χ4n) is 3.97. The van der Waals surface area contributed by atoms with E-state index in [4.69, 9.17) is 0 Å². The highest BCUT2D eigenvalue weighted by molar-refractivity contribution is 5.82. The lowest BCUT2D eigenvalue weighted by atomic mass is 9.91. The third-order valence-electron chi connectivity index (χ3n) is 5.53. The van der Waals surface area contributed by atoms with Crippen LogP contribution in [0.1, 0.15) is 41.5 Å². The average molecular weight is 420 g/mol. The molecule has 8 heteroatoms. The molecule has 2 atom stereocenters. The first-order chi connectivity index (χ1) is 15.3. The normalized spacial score (nSPS) is 16.5. The van der Waals surface area contributed by atoms with E-state index < -0.39 is 0 Å². The van der Waals surface area contributed by atoms with Gasteiger partial charge < -0.3 is 15.6 Å². The Balaban J connectivity index is 1.33. The van der Waals surface area contributed by atoms with Crippen LogP contribution in [0.5, 0.6) is 0 Å². The standard InChI is InChI=1S/C23H29N7O/c31-23(28-12-11-24-14-18-7-1-2-9-26-18)21(13-19-15-25-16-29-19)30-20-8-3-5-17-6-4-10-27-22(17)20/h1-2,4,6-7,9-10,15-16,20-21,24,30H,3,5,8,11-14H2,(H,25,29)(H,28,31). The maximum Gasteiger partial charge on any atom is 0.237 e. The van der Waals surface area contributed by atoms with Gasteiger partial charge in [0.2, 0.25) is 5.91 Å². The predicted molar refractivity (Wildman–Crippen MR) is 118 cm³/mol. The van der Waals surface area contributed by atoms with Gasteiger partial charge in [-0.1, -0.05) is 12.1 Å². The van der Waals surface area contributed by atoms with Crippen molar-refractivity contribution in [2.24, 2.45) is 0 Å². The van der Waals surface area contributed by atoms with Crippen LogP contribution in [0.4, 0.5) is 0 Å². The van der Waals surface area contributed by atoms with E-state index >= 15 is 0 Å². The van der Waals surface area contributed by atoms with Crippen molar-refractivity contribution in [1.29, 1.82) is 0 Å². The Morgan fingerprint density at radius 1 is 1.16 bits per heavy atom. The van der Waals surface area contributed by atoms with Gasteiger partial charge in [-0.2, -0.15) is 0 Å². The molecule has 4 rings (SSSR count). The Labute approximate surface area is 182 Å². The lowest BCUT2D eigenvalue weighted by Gasteiger charge is -2.29. The number of carbonyl (C=O) groups is 1. The van der Waals surface area contributed by atoms with Crippen LogP contribution < -0.4 is 16.0 Å². The largest absolute Gasteiger partial charge is 0.353 e. The summed E-state index contributed by atoms with van der Waals surface area (Å²) in [6, 6.07) is 9.67. The molecule has 0 aromatic carbocycles. The average Bonchev–Trinajstić information content (AvgIpc) is 3.32. The molecule has 2 unspecified atom stereocenters. The molecule has 4 N–H and O–H groups in total. The Bertz CT molecular complexity index is 946. The third kappa shape index (κ3) is 5.96. The van der Waals surface area contributed by atoms with E-state index in [9.17, 15) is 4.79 Å². The Hall–Kier alpha value is -3.10. The summed E-state index contributed by atoms with van der Waals surface area (Å²) in [6.07, 6.45) is 10.7. The topological polar surface area (TPSA) is 108 Å². The second-order valence-corrected chi connectivity index (χ2v) is 7.78. The summed E-state index contributed by atoms with van der Waals surface area (Å²) in [4.78, 5) is 29.1. The molecule has 0 bridgehead atoms. The highest BCUT2D eigenvalue weighted by Crippen LogP contribution is 2.28. The number of hydrogen-bond acceptors (Lipinski definition) is 6. The van der Waals surface area contributed by atoms with Crippen molar-refractivity contribution in [2.45, 2.75) is 44.3 Å². The molecule has 0 spiro atoms. The molecule has 162 valence electrons. The van der Waals surface area contributed by atoms with Crippen molar-refractivity contribution in [3.63, 3.8) is 0 Å². The van der Waals surface area contributed by atoms with Crippen LogP contribution in [0.3, 0.4) is 0 Å². The molecule has 1 aliphatic carbocycles. The van der Waals surface area contributed by atoms with Gasteiger partial charge in [0.25, 0.3) is 0 Å². The molecule has 1 amide bonds. The van der Waals surface area contributed by atoms with Gasteiger partial charge in [0, 0.05) is 50.3 Å². The van der Waals surface area contributed by atoms with Crippen LogP contribution in [-0.4, -0.2) is 45.0 Å². The van der Waals surface area contributed by atoms with Crippen molar-refractivity contribution in [2.75, 3.05) is 13.1 Å². The van der Waals surface area contributed by atoms with E-state index in [0.717, 1.165) is 36.3 Å². The van der Waals surface area contributed by atoms with E-state index in [1.807, 2.05) is 30.5 Å². The molecule has 3 heterocycles. The van der Waals surface area contributed by atoms with Crippen LogP contribution in [0.15, 0.2) is 55.2 Å². The van der Waals surface area contributed by atoms with Crippen molar-refractivity contribution < 1.29 is 4.79 Å². The van der Waals surface area contributed by atoms with Gasteiger partial charge in [0.15, 0.2) is 0 Å². The van der Waals surface area contributed by atoms with Crippen LogP contribution in [0.25, 0.3) is 0 Å². The van der Waals surface area contributed by atoms with Crippen molar-refractivity contribution >= 4 is 5.91 Å². The molecule has 1 aliphatic rings. The number of aromatic nitrogens is 4. The molecule has 31 heavy (non-hydrogen) atoms. The summed E-state index contributed by atoms with van der Waals surface area (Å²) in [5.74, 6) is -0.0164. The van der Waals surface area contributed by atoms with Gasteiger partial charge in [0.05, 0.1) is 29.8 Å². The highest BCUT2D eigenvalue weighted by atomic mass is 16.2. The minimum Gasteiger partial charge on any atom is -0.353 e. The Kier molecular flexibility index (Phi) is 7.36. The van der Waals surface area contributed by atoms with Gasteiger partial charge in [-0.25, -0.2) is 4.98 Å². The first-order valence-corrected chi connectivity index (χ1v) is 10.8. The number of nitrogens with one attached hydrogen (secondary N) is 4. The van der Waals surface area contributed by atoms with Gasteiger partial charge >= 0.3 is 0 Å². The number of carbonyl (C=O) groups excluding carboxylic acids is 1. The smallest absolute Gasteiger partial charge is 0.237 e. The van der Waals surface area contributed by atoms with Crippen LogP contribution in [0, 0.1) is 0 Å². The first kappa shape index (κ1) is 21.1. The van der Waals surface area contributed by atoms with Gasteiger partial charge in [-0.3, -0.25) is 20.1 Å². The summed E-state index contributed by atoms with van der Waals surface area (Å²) in [7, 11) is 0. The van der Waals surface area contributed by atoms with E-state index in [1.165, 1.54) is 5.56 Å². The Morgan fingerprint density at radius 3 is 2.94 bits per heavy atom. The fourth-order valence-corrected chi connectivity index (χ4v) is 3.97. The summed E-state index contributed by atoms with van der Waals surface area (Å²) in [5.41, 5.74) is 4.24.